The third-order valence-electron chi connectivity index (χ3n) is 4.17. The lowest BCUT2D eigenvalue weighted by atomic mass is 10.2. The molecule has 0 amide bonds. The van der Waals surface area contributed by atoms with Crippen molar-refractivity contribution in [3.63, 3.8) is 0 Å². The largest absolute Gasteiger partial charge is 0.501 e. The molecular formula is C18H14F3N3O6S. The van der Waals surface area contributed by atoms with Gasteiger partial charge in [-0.2, -0.15) is 13.2 Å². The number of aryl methyl sites for hydroxylation is 1. The summed E-state index contributed by atoms with van der Waals surface area (Å²) < 4.78 is 67.6. The number of aromatic amines is 2. The Morgan fingerprint density at radius 2 is 1.48 bits per heavy atom. The normalized spacial score (nSPS) is 12.0. The fourth-order valence-corrected chi connectivity index (χ4v) is 3.67. The van der Waals surface area contributed by atoms with Crippen LogP contribution >= 0.6 is 0 Å². The van der Waals surface area contributed by atoms with Gasteiger partial charge in [0.15, 0.2) is 0 Å². The molecule has 0 aliphatic rings. The molecule has 164 valence electrons. The van der Waals surface area contributed by atoms with E-state index in [1.807, 2.05) is 9.97 Å². The summed E-state index contributed by atoms with van der Waals surface area (Å²) in [5, 5.41) is 0. The molecular weight excluding hydrogens is 443 g/mol. The van der Waals surface area contributed by atoms with E-state index in [1.165, 1.54) is 31.2 Å². The first-order valence-electron chi connectivity index (χ1n) is 8.51. The van der Waals surface area contributed by atoms with Gasteiger partial charge in [0.1, 0.15) is 11.5 Å². The predicted molar refractivity (Wildman–Crippen MR) is 102 cm³/mol. The Balaban J connectivity index is 1.79. The van der Waals surface area contributed by atoms with Crippen LogP contribution in [0.15, 0.2) is 61.7 Å². The van der Waals surface area contributed by atoms with Crippen LogP contribution in [0, 0.1) is 6.92 Å². The maximum absolute atomic E-state index is 12.7. The molecule has 0 aliphatic carbocycles. The van der Waals surface area contributed by atoms with E-state index in [9.17, 15) is 36.0 Å². The number of H-pyrrole nitrogens is 2. The van der Waals surface area contributed by atoms with Gasteiger partial charge < -0.3 is 4.74 Å². The van der Waals surface area contributed by atoms with Crippen molar-refractivity contribution in [1.29, 1.82) is 0 Å². The molecule has 0 unspecified atom stereocenters. The van der Waals surface area contributed by atoms with Gasteiger partial charge in [-0.25, -0.2) is 27.4 Å². The van der Waals surface area contributed by atoms with Gasteiger partial charge >= 0.3 is 22.6 Å². The number of hydrogen-bond donors (Lipinski definition) is 2. The van der Waals surface area contributed by atoms with Gasteiger partial charge in [0.2, 0.25) is 0 Å². The Bertz CT molecular complexity index is 1370. The van der Waals surface area contributed by atoms with E-state index in [0.29, 0.717) is 5.56 Å². The topological polar surface area (TPSA) is 131 Å². The Labute approximate surface area is 171 Å². The zero-order valence-electron chi connectivity index (χ0n) is 15.7. The van der Waals surface area contributed by atoms with Gasteiger partial charge in [-0.05, 0) is 48.4 Å². The van der Waals surface area contributed by atoms with Crippen LogP contribution in [0.1, 0.15) is 11.1 Å². The fourth-order valence-electron chi connectivity index (χ4n) is 2.69. The maximum atomic E-state index is 12.7. The van der Waals surface area contributed by atoms with Crippen LogP contribution in [0.3, 0.4) is 0 Å². The molecule has 3 rings (SSSR count). The number of hydrogen-bond acceptors (Lipinski definition) is 6. The van der Waals surface area contributed by atoms with Crippen molar-refractivity contribution < 1.29 is 26.3 Å². The average molecular weight is 457 g/mol. The maximum Gasteiger partial charge on any atom is 0.501 e. The van der Waals surface area contributed by atoms with Crippen molar-refractivity contribution in [3.8, 4) is 11.5 Å². The first kappa shape index (κ1) is 22.1. The Kier molecular flexibility index (Phi) is 5.63. The average Bonchev–Trinajstić information content (AvgIpc) is 2.65. The SMILES string of the molecule is Cc1cc(Oc2ccc(Cn3c(=O)[nH]c(=O)[nH]c3=O)cc2)ccc1S(=O)(=O)C(F)(F)F. The fraction of sp³-hybridized carbons (Fsp3) is 0.167. The Morgan fingerprint density at radius 1 is 0.935 bits per heavy atom. The van der Waals surface area contributed by atoms with E-state index < -0.39 is 37.3 Å². The number of alkyl halides is 3. The lowest BCUT2D eigenvalue weighted by Crippen LogP contribution is -2.43. The van der Waals surface area contributed by atoms with Gasteiger partial charge in [-0.15, -0.1) is 0 Å². The molecule has 0 fully saturated rings. The van der Waals surface area contributed by atoms with Crippen molar-refractivity contribution in [3.05, 3.63) is 85.0 Å². The summed E-state index contributed by atoms with van der Waals surface area (Å²) in [7, 11) is -5.48. The summed E-state index contributed by atoms with van der Waals surface area (Å²) in [5.41, 5.74) is -7.69. The standard InChI is InChI=1S/C18H14F3N3O6S/c1-10-8-13(6-7-14(10)31(28,29)18(19,20)21)30-12-4-2-11(3-5-12)9-24-16(26)22-15(25)23-17(24)27/h2-8H,9H2,1H3,(H2,22,23,25,26,27). The molecule has 3 aromatic rings. The summed E-state index contributed by atoms with van der Waals surface area (Å²) in [6.07, 6.45) is 0. The Hall–Kier alpha value is -3.61. The minimum atomic E-state index is -5.48. The number of benzene rings is 2. The highest BCUT2D eigenvalue weighted by molar-refractivity contribution is 7.92. The van der Waals surface area contributed by atoms with Gasteiger partial charge in [0.25, 0.3) is 9.84 Å². The lowest BCUT2D eigenvalue weighted by Gasteiger charge is -2.12. The molecule has 0 radical (unpaired) electrons. The van der Waals surface area contributed by atoms with E-state index in [-0.39, 0.29) is 23.6 Å². The number of nitrogens with one attached hydrogen (secondary N) is 2. The van der Waals surface area contributed by atoms with Crippen molar-refractivity contribution in [2.75, 3.05) is 0 Å². The second-order valence-electron chi connectivity index (χ2n) is 6.40. The molecule has 0 saturated heterocycles. The van der Waals surface area contributed by atoms with E-state index in [0.717, 1.165) is 22.8 Å². The van der Waals surface area contributed by atoms with Crippen LogP contribution in [0.2, 0.25) is 0 Å². The quantitative estimate of drug-likeness (QED) is 0.599. The number of sulfone groups is 1. The molecule has 0 saturated carbocycles. The first-order valence-corrected chi connectivity index (χ1v) is 9.99. The number of ether oxygens (including phenoxy) is 1. The minimum absolute atomic E-state index is 0.111. The van der Waals surface area contributed by atoms with E-state index in [2.05, 4.69) is 0 Å². The monoisotopic (exact) mass is 457 g/mol. The van der Waals surface area contributed by atoms with Gasteiger partial charge in [-0.3, -0.25) is 9.97 Å². The third-order valence-corrected chi connectivity index (χ3v) is 5.82. The summed E-state index contributed by atoms with van der Waals surface area (Å²) in [6.45, 7) is 1.09. The highest BCUT2D eigenvalue weighted by Gasteiger charge is 2.47. The van der Waals surface area contributed by atoms with Crippen molar-refractivity contribution in [2.45, 2.75) is 23.9 Å². The lowest BCUT2D eigenvalue weighted by molar-refractivity contribution is -0.0436. The molecule has 0 aliphatic heterocycles. The summed E-state index contributed by atoms with van der Waals surface area (Å²) in [4.78, 5) is 37.5. The zero-order valence-corrected chi connectivity index (χ0v) is 16.5. The summed E-state index contributed by atoms with van der Waals surface area (Å²) in [6, 6.07) is 9.09. The summed E-state index contributed by atoms with van der Waals surface area (Å²) in [5.74, 6) is 0.386. The minimum Gasteiger partial charge on any atom is -0.457 e. The van der Waals surface area contributed by atoms with Crippen LogP contribution in [-0.4, -0.2) is 28.5 Å². The molecule has 0 atom stereocenters. The Morgan fingerprint density at radius 3 is 2.00 bits per heavy atom. The van der Waals surface area contributed by atoms with Crippen molar-refractivity contribution in [1.82, 2.24) is 14.5 Å². The first-order chi connectivity index (χ1) is 14.4. The highest BCUT2D eigenvalue weighted by Crippen LogP contribution is 2.34. The van der Waals surface area contributed by atoms with Crippen LogP contribution < -0.4 is 21.8 Å². The molecule has 9 nitrogen and oxygen atoms in total. The number of rotatable bonds is 5. The molecule has 2 N–H and O–H groups in total. The van der Waals surface area contributed by atoms with Gasteiger partial charge in [-0.1, -0.05) is 12.1 Å². The second-order valence-corrected chi connectivity index (χ2v) is 8.31. The molecule has 1 heterocycles. The van der Waals surface area contributed by atoms with Gasteiger partial charge in [0.05, 0.1) is 11.4 Å². The predicted octanol–water partition coefficient (Wildman–Crippen LogP) is 1.67. The van der Waals surface area contributed by atoms with Crippen LogP contribution in [-0.2, 0) is 16.4 Å². The van der Waals surface area contributed by atoms with Gasteiger partial charge in [0, 0.05) is 0 Å². The molecule has 31 heavy (non-hydrogen) atoms. The molecule has 13 heteroatoms. The smallest absolute Gasteiger partial charge is 0.457 e. The molecule has 0 bridgehead atoms. The zero-order chi connectivity index (χ0) is 23.0. The number of halogens is 3. The summed E-state index contributed by atoms with van der Waals surface area (Å²) >= 11 is 0. The highest BCUT2D eigenvalue weighted by atomic mass is 32.2. The molecule has 1 aromatic heterocycles. The van der Waals surface area contributed by atoms with Crippen molar-refractivity contribution in [2.24, 2.45) is 0 Å². The molecule has 0 spiro atoms. The van der Waals surface area contributed by atoms with E-state index in [4.69, 9.17) is 4.74 Å². The molecule has 2 aromatic carbocycles. The second kappa shape index (κ2) is 7.91. The number of nitrogens with zero attached hydrogens (tertiary/aromatic N) is 1. The van der Waals surface area contributed by atoms with Crippen LogP contribution in [0.4, 0.5) is 13.2 Å². The van der Waals surface area contributed by atoms with E-state index >= 15 is 0 Å². The third kappa shape index (κ3) is 4.60. The van der Waals surface area contributed by atoms with Crippen molar-refractivity contribution >= 4 is 9.84 Å². The van der Waals surface area contributed by atoms with E-state index in [1.54, 1.807) is 0 Å². The number of aromatic nitrogens is 3. The van der Waals surface area contributed by atoms with Crippen LogP contribution in [0.25, 0.3) is 0 Å². The van der Waals surface area contributed by atoms with Crippen LogP contribution in [0.5, 0.6) is 11.5 Å².